The highest BCUT2D eigenvalue weighted by Crippen LogP contribution is 2.63. The molecule has 0 bridgehead atoms. The maximum atomic E-state index is 13.2. The van der Waals surface area contributed by atoms with E-state index >= 15 is 0 Å². The average Bonchev–Trinajstić information content (AvgIpc) is 3.34. The van der Waals surface area contributed by atoms with Gasteiger partial charge in [0.05, 0.1) is 10.1 Å². The van der Waals surface area contributed by atoms with Crippen molar-refractivity contribution >= 4 is 15.8 Å². The van der Waals surface area contributed by atoms with Gasteiger partial charge in [-0.2, -0.15) is 0 Å². The first-order chi connectivity index (χ1) is 12.3. The maximum Gasteiger partial charge on any atom is 0.312 e. The molecule has 2 aromatic carbocycles. The van der Waals surface area contributed by atoms with Crippen LogP contribution in [0.5, 0.6) is 0 Å². The number of aryl methyl sites for hydroxylation is 2. The van der Waals surface area contributed by atoms with E-state index < -0.39 is 32.4 Å². The van der Waals surface area contributed by atoms with E-state index in [1.165, 1.54) is 12.1 Å². The molecule has 1 fully saturated rings. The minimum absolute atomic E-state index is 0.139. The number of hydrogen-bond acceptors (Lipinski definition) is 4. The third kappa shape index (κ3) is 2.73. The van der Waals surface area contributed by atoms with Gasteiger partial charge in [-0.25, -0.2) is 8.42 Å². The number of carboxylic acid groups (broad SMARTS) is 1. The zero-order chi connectivity index (χ0) is 19.1. The largest absolute Gasteiger partial charge is 0.481 e. The van der Waals surface area contributed by atoms with Crippen molar-refractivity contribution in [2.24, 2.45) is 11.1 Å². The van der Waals surface area contributed by atoms with E-state index in [0.29, 0.717) is 5.56 Å². The third-order valence-corrected chi connectivity index (χ3v) is 7.71. The molecule has 2 aromatic rings. The fraction of sp³-hybridized carbons (Fsp3) is 0.350. The summed E-state index contributed by atoms with van der Waals surface area (Å²) in [7, 11) is -3.82. The zero-order valence-corrected chi connectivity index (χ0v) is 15.7. The summed E-state index contributed by atoms with van der Waals surface area (Å²) in [4.78, 5) is 12.2. The highest BCUT2D eigenvalue weighted by Gasteiger charge is 2.75. The SMILES string of the molecule is CCc1ccc([C@@H]2[C@H](S(=O)(=O)c3ccc(C)cc3)[C@@]2(CN)C(=O)O)cc1. The van der Waals surface area contributed by atoms with Gasteiger partial charge in [0.2, 0.25) is 0 Å². The second-order valence-electron chi connectivity index (χ2n) is 6.90. The van der Waals surface area contributed by atoms with Crippen LogP contribution in [-0.4, -0.2) is 31.3 Å². The van der Waals surface area contributed by atoms with E-state index in [9.17, 15) is 18.3 Å². The Bertz CT molecular complexity index is 919. The van der Waals surface area contributed by atoms with Gasteiger partial charge < -0.3 is 10.8 Å². The Morgan fingerprint density at radius 2 is 1.69 bits per heavy atom. The normalized spacial score (nSPS) is 25.0. The Labute approximate surface area is 153 Å². The number of nitrogens with two attached hydrogens (primary N) is 1. The van der Waals surface area contributed by atoms with Gasteiger partial charge in [-0.15, -0.1) is 0 Å². The molecule has 3 N–H and O–H groups in total. The Morgan fingerprint density at radius 3 is 2.15 bits per heavy atom. The Morgan fingerprint density at radius 1 is 1.12 bits per heavy atom. The molecule has 0 unspecified atom stereocenters. The average molecular weight is 373 g/mol. The molecule has 138 valence electrons. The molecular formula is C20H23NO4S. The molecule has 0 spiro atoms. The Hall–Kier alpha value is -2.18. The highest BCUT2D eigenvalue weighted by molar-refractivity contribution is 7.92. The van der Waals surface area contributed by atoms with Crippen molar-refractivity contribution in [1.82, 2.24) is 0 Å². The van der Waals surface area contributed by atoms with Crippen LogP contribution in [0.25, 0.3) is 0 Å². The zero-order valence-electron chi connectivity index (χ0n) is 14.8. The predicted octanol–water partition coefficient (Wildman–Crippen LogP) is 2.53. The summed E-state index contributed by atoms with van der Waals surface area (Å²) in [6.45, 7) is 3.67. The Balaban J connectivity index is 2.08. The molecule has 0 aromatic heterocycles. The fourth-order valence-electron chi connectivity index (χ4n) is 3.75. The first-order valence-electron chi connectivity index (χ1n) is 8.62. The van der Waals surface area contributed by atoms with Gasteiger partial charge in [0, 0.05) is 12.5 Å². The van der Waals surface area contributed by atoms with Gasteiger partial charge in [-0.05, 0) is 36.6 Å². The molecule has 0 radical (unpaired) electrons. The van der Waals surface area contributed by atoms with Gasteiger partial charge in [0.25, 0.3) is 0 Å². The van der Waals surface area contributed by atoms with E-state index in [-0.39, 0.29) is 11.4 Å². The van der Waals surface area contributed by atoms with E-state index in [1.807, 2.05) is 38.1 Å². The number of hydrogen-bond donors (Lipinski definition) is 2. The van der Waals surface area contributed by atoms with Crippen LogP contribution in [0.1, 0.15) is 29.5 Å². The molecule has 26 heavy (non-hydrogen) atoms. The lowest BCUT2D eigenvalue weighted by Gasteiger charge is -2.10. The first kappa shape index (κ1) is 18.6. The molecule has 0 heterocycles. The fourth-order valence-corrected chi connectivity index (χ4v) is 6.14. The summed E-state index contributed by atoms with van der Waals surface area (Å²) in [5.74, 6) is -1.81. The first-order valence-corrected chi connectivity index (χ1v) is 10.2. The van der Waals surface area contributed by atoms with E-state index in [2.05, 4.69) is 0 Å². The molecule has 1 aliphatic carbocycles. The van der Waals surface area contributed by atoms with E-state index in [4.69, 9.17) is 5.73 Å². The monoisotopic (exact) mass is 373 g/mol. The minimum atomic E-state index is -3.82. The molecule has 1 saturated carbocycles. The standard InChI is InChI=1S/C20H23NO4S/c1-3-14-6-8-15(9-7-14)17-18(20(17,12-21)19(22)23)26(24,25)16-10-4-13(2)5-11-16/h4-11,17-18H,3,12,21H2,1-2H3,(H,22,23)/t17-,18+,20+/m1/s1. The van der Waals surface area contributed by atoms with Crippen LogP contribution in [0.3, 0.4) is 0 Å². The lowest BCUT2D eigenvalue weighted by atomic mass is 9.98. The molecule has 0 saturated heterocycles. The number of carbonyl (C=O) groups is 1. The number of rotatable bonds is 6. The van der Waals surface area contributed by atoms with Crippen LogP contribution < -0.4 is 5.73 Å². The van der Waals surface area contributed by atoms with Crippen molar-refractivity contribution in [1.29, 1.82) is 0 Å². The molecule has 6 heteroatoms. The molecule has 0 aliphatic heterocycles. The van der Waals surface area contributed by atoms with Crippen molar-refractivity contribution in [3.8, 4) is 0 Å². The van der Waals surface area contributed by atoms with Crippen molar-refractivity contribution in [3.05, 3.63) is 65.2 Å². The summed E-state index contributed by atoms with van der Waals surface area (Å²) in [5, 5.41) is 8.75. The second kappa shape index (κ2) is 6.52. The predicted molar refractivity (Wildman–Crippen MR) is 99.8 cm³/mol. The summed E-state index contributed by atoms with van der Waals surface area (Å²) < 4.78 is 26.3. The van der Waals surface area contributed by atoms with Crippen molar-refractivity contribution in [3.63, 3.8) is 0 Å². The van der Waals surface area contributed by atoms with Gasteiger partial charge in [-0.1, -0.05) is 48.9 Å². The number of sulfone groups is 1. The quantitative estimate of drug-likeness (QED) is 0.811. The maximum absolute atomic E-state index is 13.2. The number of carboxylic acids is 1. The molecule has 3 atom stereocenters. The molecular weight excluding hydrogens is 350 g/mol. The van der Waals surface area contributed by atoms with E-state index in [1.54, 1.807) is 12.1 Å². The van der Waals surface area contributed by atoms with Crippen LogP contribution in [0.2, 0.25) is 0 Å². The molecule has 3 rings (SSSR count). The van der Waals surface area contributed by atoms with Crippen molar-refractivity contribution < 1.29 is 18.3 Å². The number of aliphatic carboxylic acids is 1. The van der Waals surface area contributed by atoms with Crippen LogP contribution in [0, 0.1) is 12.3 Å². The minimum Gasteiger partial charge on any atom is -0.481 e. The molecule has 1 aliphatic rings. The molecule has 5 nitrogen and oxygen atoms in total. The lowest BCUT2D eigenvalue weighted by Crippen LogP contribution is -2.31. The summed E-state index contributed by atoms with van der Waals surface area (Å²) in [6, 6.07) is 13.9. The topological polar surface area (TPSA) is 97.5 Å². The van der Waals surface area contributed by atoms with Gasteiger partial charge in [0.15, 0.2) is 9.84 Å². The third-order valence-electron chi connectivity index (χ3n) is 5.42. The van der Waals surface area contributed by atoms with Crippen LogP contribution >= 0.6 is 0 Å². The second-order valence-corrected chi connectivity index (χ2v) is 8.97. The highest BCUT2D eigenvalue weighted by atomic mass is 32.2. The summed E-state index contributed by atoms with van der Waals surface area (Å²) in [5.41, 5.74) is 7.06. The smallest absolute Gasteiger partial charge is 0.312 e. The van der Waals surface area contributed by atoms with Gasteiger partial charge in [0.1, 0.15) is 5.41 Å². The summed E-state index contributed by atoms with van der Waals surface area (Å²) >= 11 is 0. The van der Waals surface area contributed by atoms with E-state index in [0.717, 1.165) is 17.5 Å². The lowest BCUT2D eigenvalue weighted by molar-refractivity contribution is -0.143. The number of benzene rings is 2. The molecule has 0 amide bonds. The van der Waals surface area contributed by atoms with Gasteiger partial charge >= 0.3 is 5.97 Å². The van der Waals surface area contributed by atoms with Crippen LogP contribution in [-0.2, 0) is 21.1 Å². The van der Waals surface area contributed by atoms with Crippen molar-refractivity contribution in [2.45, 2.75) is 36.3 Å². The van der Waals surface area contributed by atoms with Gasteiger partial charge in [-0.3, -0.25) is 4.79 Å². The van der Waals surface area contributed by atoms with Crippen molar-refractivity contribution in [2.75, 3.05) is 6.54 Å². The Kier molecular flexibility index (Phi) is 4.67. The summed E-state index contributed by atoms with van der Waals surface area (Å²) in [6.07, 6.45) is 0.858. The van der Waals surface area contributed by atoms with Crippen LogP contribution in [0.4, 0.5) is 0 Å². The van der Waals surface area contributed by atoms with Crippen LogP contribution in [0.15, 0.2) is 53.4 Å².